The van der Waals surface area contributed by atoms with Crippen LogP contribution < -0.4 is 0 Å². The summed E-state index contributed by atoms with van der Waals surface area (Å²) < 4.78 is -0.854. The van der Waals surface area contributed by atoms with Gasteiger partial charge in [0.2, 0.25) is 0 Å². The number of hydrogen-bond acceptors (Lipinski definition) is 6. The Balaban J connectivity index is 3.43. The predicted octanol–water partition coefficient (Wildman–Crippen LogP) is 3.45. The molecule has 0 unspecified atom stereocenters. The molecule has 0 saturated carbocycles. The van der Waals surface area contributed by atoms with Gasteiger partial charge in [-0.15, -0.1) is 75.8 Å². The van der Waals surface area contributed by atoms with E-state index in [4.69, 9.17) is 0 Å². The summed E-state index contributed by atoms with van der Waals surface area (Å²) in [5.74, 6) is 0. The quantitative estimate of drug-likeness (QED) is 0.330. The van der Waals surface area contributed by atoms with E-state index in [2.05, 4.69) is 75.8 Å². The molecule has 72 valence electrons. The minimum Gasteiger partial charge on any atom is -0.147 e. The van der Waals surface area contributed by atoms with Gasteiger partial charge in [0.05, 0.1) is 0 Å². The molecule has 0 spiro atoms. The van der Waals surface area contributed by atoms with Gasteiger partial charge >= 0.3 is 0 Å². The zero-order chi connectivity index (χ0) is 10.2. The molecule has 0 saturated heterocycles. The van der Waals surface area contributed by atoms with Crippen LogP contribution in [0.1, 0.15) is 5.56 Å². The molecule has 0 radical (unpaired) electrons. The van der Waals surface area contributed by atoms with Gasteiger partial charge in [-0.1, -0.05) is 0 Å². The van der Waals surface area contributed by atoms with Crippen molar-refractivity contribution in [2.75, 3.05) is 0 Å². The van der Waals surface area contributed by atoms with Crippen LogP contribution in [-0.4, -0.2) is 0 Å². The smallest absolute Gasteiger partial charge is 0.126 e. The monoisotopic (exact) mass is 284 g/mol. The summed E-state index contributed by atoms with van der Waals surface area (Å²) in [4.78, 5) is 2.22. The lowest BCUT2D eigenvalue weighted by Gasteiger charge is -2.21. The van der Waals surface area contributed by atoms with Gasteiger partial charge in [-0.2, -0.15) is 0 Å². The first-order chi connectivity index (χ1) is 5.84. The molecule has 1 rings (SSSR count). The molecule has 0 aliphatic rings. The summed E-state index contributed by atoms with van der Waals surface area (Å²) in [5, 5.41) is 0. The van der Waals surface area contributed by atoms with Crippen molar-refractivity contribution >= 4 is 75.8 Å². The fourth-order valence-electron chi connectivity index (χ4n) is 0.900. The van der Waals surface area contributed by atoms with Gasteiger partial charge < -0.3 is 0 Å². The van der Waals surface area contributed by atoms with E-state index in [-0.39, 0.29) is 0 Å². The first kappa shape index (κ1) is 12.4. The summed E-state index contributed by atoms with van der Waals surface area (Å²) in [6.45, 7) is 0. The molecule has 0 nitrogen and oxygen atoms in total. The Hall–Kier alpha value is 1.32. The highest BCUT2D eigenvalue weighted by Gasteiger charge is 2.23. The summed E-state index contributed by atoms with van der Waals surface area (Å²) in [6, 6.07) is 3.64. The van der Waals surface area contributed by atoms with Gasteiger partial charge in [-0.3, -0.25) is 0 Å². The average Bonchev–Trinajstić information content (AvgIpc) is 1.95. The Kier molecular flexibility index (Phi) is 4.24. The van der Waals surface area contributed by atoms with Crippen molar-refractivity contribution in [3.8, 4) is 0 Å². The van der Waals surface area contributed by atoms with Gasteiger partial charge in [-0.05, 0) is 12.1 Å². The standard InChI is InChI=1S/C7H8S6/c8-3-1-2-4(9)6(10)5(3)7(11,12)13/h1-2,8-13H. The number of benzene rings is 1. The molecule has 1 aromatic carbocycles. The summed E-state index contributed by atoms with van der Waals surface area (Å²) >= 11 is 25.5. The Labute approximate surface area is 111 Å². The second-order valence-corrected chi connectivity index (χ2v) is 6.94. The van der Waals surface area contributed by atoms with Crippen LogP contribution in [0.4, 0.5) is 0 Å². The third kappa shape index (κ3) is 2.89. The molecule has 13 heavy (non-hydrogen) atoms. The van der Waals surface area contributed by atoms with E-state index in [9.17, 15) is 0 Å². The van der Waals surface area contributed by atoms with Crippen molar-refractivity contribution in [3.05, 3.63) is 17.7 Å². The summed E-state index contributed by atoms with van der Waals surface area (Å²) in [5.41, 5.74) is 0.752. The van der Waals surface area contributed by atoms with Crippen molar-refractivity contribution < 1.29 is 0 Å². The molecule has 1 aromatic rings. The van der Waals surface area contributed by atoms with Gasteiger partial charge in [0.25, 0.3) is 0 Å². The van der Waals surface area contributed by atoms with E-state index >= 15 is 0 Å². The van der Waals surface area contributed by atoms with Gasteiger partial charge in [-0.25, -0.2) is 0 Å². The zero-order valence-corrected chi connectivity index (χ0v) is 11.7. The zero-order valence-electron chi connectivity index (χ0n) is 6.34. The predicted molar refractivity (Wildman–Crippen MR) is 76.8 cm³/mol. The lowest BCUT2D eigenvalue weighted by Crippen LogP contribution is -2.04. The van der Waals surface area contributed by atoms with Crippen molar-refractivity contribution in [1.29, 1.82) is 0 Å². The van der Waals surface area contributed by atoms with Gasteiger partial charge in [0.15, 0.2) is 0 Å². The van der Waals surface area contributed by atoms with Crippen LogP contribution in [0.15, 0.2) is 26.8 Å². The van der Waals surface area contributed by atoms with Crippen LogP contribution in [0.5, 0.6) is 0 Å². The highest BCUT2D eigenvalue weighted by atomic mass is 32.2. The maximum Gasteiger partial charge on any atom is 0.126 e. The first-order valence-corrected chi connectivity index (χ1v) is 5.94. The van der Waals surface area contributed by atoms with Crippen LogP contribution in [0.3, 0.4) is 0 Å². The molecular formula is C7H8S6. The van der Waals surface area contributed by atoms with Crippen LogP contribution in [-0.2, 0) is 3.41 Å². The summed E-state index contributed by atoms with van der Waals surface area (Å²) in [6.07, 6.45) is 0. The second-order valence-electron chi connectivity index (χ2n) is 2.46. The lowest BCUT2D eigenvalue weighted by molar-refractivity contribution is 1.06. The molecule has 0 aliphatic carbocycles. The molecule has 0 N–H and O–H groups in total. The van der Waals surface area contributed by atoms with E-state index in [1.165, 1.54) is 0 Å². The third-order valence-corrected chi connectivity index (χ3v) is 3.53. The third-order valence-electron chi connectivity index (χ3n) is 1.47. The Morgan fingerprint density at radius 1 is 0.846 bits per heavy atom. The molecule has 0 bridgehead atoms. The summed E-state index contributed by atoms with van der Waals surface area (Å²) in [7, 11) is 0. The van der Waals surface area contributed by atoms with E-state index in [1.54, 1.807) is 0 Å². The van der Waals surface area contributed by atoms with Crippen LogP contribution >= 0.6 is 75.8 Å². The van der Waals surface area contributed by atoms with Crippen LogP contribution in [0.2, 0.25) is 0 Å². The van der Waals surface area contributed by atoms with Gasteiger partial charge in [0, 0.05) is 20.2 Å². The van der Waals surface area contributed by atoms with E-state index < -0.39 is 3.41 Å². The molecular weight excluding hydrogens is 276 g/mol. The van der Waals surface area contributed by atoms with E-state index in [0.717, 1.165) is 15.4 Å². The lowest BCUT2D eigenvalue weighted by atomic mass is 10.2. The Morgan fingerprint density at radius 3 is 1.69 bits per heavy atom. The maximum atomic E-state index is 4.30. The minimum absolute atomic E-state index is 0.704. The number of thiol groups is 6. The normalized spacial score (nSPS) is 11.8. The highest BCUT2D eigenvalue weighted by molar-refractivity contribution is 8.16. The first-order valence-electron chi connectivity index (χ1n) is 3.25. The molecule has 0 heterocycles. The van der Waals surface area contributed by atoms with Crippen molar-refractivity contribution in [3.63, 3.8) is 0 Å². The fourth-order valence-corrected chi connectivity index (χ4v) is 3.12. The van der Waals surface area contributed by atoms with Crippen LogP contribution in [0, 0.1) is 0 Å². The van der Waals surface area contributed by atoms with Crippen molar-refractivity contribution in [1.82, 2.24) is 0 Å². The largest absolute Gasteiger partial charge is 0.147 e. The molecule has 0 aromatic heterocycles. The molecule has 0 atom stereocenters. The van der Waals surface area contributed by atoms with Crippen molar-refractivity contribution in [2.24, 2.45) is 0 Å². The van der Waals surface area contributed by atoms with E-state index in [0.29, 0.717) is 4.90 Å². The SMILES string of the molecule is Sc1ccc(S)c(C(S)(S)S)c1S. The molecule has 0 amide bonds. The minimum atomic E-state index is -0.854. The number of hydrogen-bond donors (Lipinski definition) is 6. The van der Waals surface area contributed by atoms with E-state index in [1.807, 2.05) is 12.1 Å². The molecule has 6 heteroatoms. The molecule has 0 fully saturated rings. The fraction of sp³-hybridized carbons (Fsp3) is 0.143. The van der Waals surface area contributed by atoms with Gasteiger partial charge in [0.1, 0.15) is 3.41 Å². The second kappa shape index (κ2) is 4.45. The molecule has 0 aliphatic heterocycles. The Bertz CT molecular complexity index is 326. The maximum absolute atomic E-state index is 4.30. The number of rotatable bonds is 1. The average molecular weight is 285 g/mol. The Morgan fingerprint density at radius 2 is 1.31 bits per heavy atom. The topological polar surface area (TPSA) is 0 Å². The van der Waals surface area contributed by atoms with Crippen LogP contribution in [0.25, 0.3) is 0 Å². The highest BCUT2D eigenvalue weighted by Crippen LogP contribution is 2.44. The van der Waals surface area contributed by atoms with Crippen molar-refractivity contribution in [2.45, 2.75) is 18.1 Å².